The van der Waals surface area contributed by atoms with E-state index in [0.29, 0.717) is 0 Å². The second-order valence-corrected chi connectivity index (χ2v) is 3.27. The number of hydrogen-bond acceptors (Lipinski definition) is 4. The van der Waals surface area contributed by atoms with Crippen LogP contribution in [-0.4, -0.2) is 11.0 Å². The molecule has 0 aliphatic rings. The number of nitrogens with zero attached hydrogens (tertiary/aromatic N) is 1. The topological polar surface area (TPSA) is 65.2 Å². The van der Waals surface area contributed by atoms with Gasteiger partial charge in [-0.25, -0.2) is 14.2 Å². The number of benzene rings is 1. The first kappa shape index (κ1) is 11.1. The molecule has 2 aromatic rings. The molecule has 0 amide bonds. The summed E-state index contributed by atoms with van der Waals surface area (Å²) >= 11 is 0. The Kier molecular flexibility index (Phi) is 3.00. The number of anilines is 1. The van der Waals surface area contributed by atoms with Crippen molar-refractivity contribution in [1.29, 1.82) is 0 Å². The summed E-state index contributed by atoms with van der Waals surface area (Å²) in [6, 6.07) is 10.2. The molecular weight excluding hydrogens is 223 g/mol. The van der Waals surface area contributed by atoms with Gasteiger partial charge in [-0.2, -0.15) is 0 Å². The van der Waals surface area contributed by atoms with Crippen LogP contribution in [0.15, 0.2) is 42.5 Å². The summed E-state index contributed by atoms with van der Waals surface area (Å²) in [4.78, 5) is 15.4. The first-order chi connectivity index (χ1) is 8.16. The summed E-state index contributed by atoms with van der Waals surface area (Å²) in [6.07, 6.45) is 0. The van der Waals surface area contributed by atoms with Crippen LogP contribution in [0.25, 0.3) is 0 Å². The molecule has 1 heterocycles. The van der Waals surface area contributed by atoms with Crippen LogP contribution < -0.4 is 10.5 Å². The van der Waals surface area contributed by atoms with E-state index >= 15 is 0 Å². The molecule has 5 heteroatoms. The van der Waals surface area contributed by atoms with E-state index in [4.69, 9.17) is 10.5 Å². The molecule has 0 saturated carbocycles. The number of aromatic nitrogens is 1. The van der Waals surface area contributed by atoms with Gasteiger partial charge in [-0.05, 0) is 24.3 Å². The number of esters is 1. The highest BCUT2D eigenvalue weighted by atomic mass is 19.1. The van der Waals surface area contributed by atoms with E-state index < -0.39 is 11.8 Å². The van der Waals surface area contributed by atoms with E-state index in [9.17, 15) is 9.18 Å². The Morgan fingerprint density at radius 2 is 1.94 bits per heavy atom. The number of carbonyl (C=O) groups is 1. The lowest BCUT2D eigenvalue weighted by Crippen LogP contribution is -2.12. The van der Waals surface area contributed by atoms with Crippen LogP contribution in [0.4, 0.5) is 10.2 Å². The highest BCUT2D eigenvalue weighted by Crippen LogP contribution is 2.16. The average molecular weight is 232 g/mol. The van der Waals surface area contributed by atoms with E-state index in [-0.39, 0.29) is 17.3 Å². The summed E-state index contributed by atoms with van der Waals surface area (Å²) < 4.78 is 18.1. The minimum Gasteiger partial charge on any atom is -0.419 e. The van der Waals surface area contributed by atoms with Crippen molar-refractivity contribution in [1.82, 2.24) is 4.98 Å². The third-order valence-corrected chi connectivity index (χ3v) is 2.02. The number of carbonyl (C=O) groups excluding carboxylic acids is 1. The number of hydrogen-bond donors (Lipinski definition) is 1. The van der Waals surface area contributed by atoms with Crippen molar-refractivity contribution < 1.29 is 13.9 Å². The number of ether oxygens (including phenoxy) is 1. The number of nitrogens with two attached hydrogens (primary N) is 1. The molecule has 0 radical (unpaired) electrons. The van der Waals surface area contributed by atoms with Gasteiger partial charge in [0.15, 0.2) is 17.3 Å². The Balaban J connectivity index is 2.20. The summed E-state index contributed by atoms with van der Waals surface area (Å²) in [7, 11) is 0. The highest BCUT2D eigenvalue weighted by molar-refractivity contribution is 5.89. The molecule has 0 fully saturated rings. The van der Waals surface area contributed by atoms with E-state index in [1.165, 1.54) is 24.3 Å². The summed E-state index contributed by atoms with van der Waals surface area (Å²) in [5.74, 6) is -1.29. The minimum absolute atomic E-state index is 0.0354. The maximum atomic E-state index is 13.2. The largest absolute Gasteiger partial charge is 0.419 e. The molecule has 0 atom stereocenters. The van der Waals surface area contributed by atoms with Gasteiger partial charge in [-0.1, -0.05) is 18.2 Å². The van der Waals surface area contributed by atoms with Crippen LogP contribution in [-0.2, 0) is 0 Å². The van der Waals surface area contributed by atoms with Gasteiger partial charge in [0.1, 0.15) is 5.82 Å². The Morgan fingerprint density at radius 1 is 1.18 bits per heavy atom. The Labute approximate surface area is 96.9 Å². The number of halogens is 1. The predicted molar refractivity (Wildman–Crippen MR) is 60.0 cm³/mol. The lowest BCUT2D eigenvalue weighted by Gasteiger charge is -2.04. The number of para-hydroxylation sites is 1. The fourth-order valence-corrected chi connectivity index (χ4v) is 1.24. The standard InChI is InChI=1S/C12H9FN2O2/c13-8-4-1-2-6-10(8)17-12(16)9-5-3-7-11(14)15-9/h1-7H,(H2,14,15). The quantitative estimate of drug-likeness (QED) is 0.635. The number of pyridine rings is 1. The molecule has 0 saturated heterocycles. The van der Waals surface area contributed by atoms with Crippen molar-refractivity contribution in [2.45, 2.75) is 0 Å². The fraction of sp³-hybridized carbons (Fsp3) is 0. The van der Waals surface area contributed by atoms with E-state index in [1.807, 2.05) is 0 Å². The first-order valence-electron chi connectivity index (χ1n) is 4.86. The van der Waals surface area contributed by atoms with Crippen LogP contribution in [0.5, 0.6) is 5.75 Å². The first-order valence-corrected chi connectivity index (χ1v) is 4.86. The van der Waals surface area contributed by atoms with Crippen LogP contribution in [0, 0.1) is 5.82 Å². The molecular formula is C12H9FN2O2. The van der Waals surface area contributed by atoms with Gasteiger partial charge < -0.3 is 10.5 Å². The van der Waals surface area contributed by atoms with Gasteiger partial charge in [-0.3, -0.25) is 0 Å². The molecule has 86 valence electrons. The monoisotopic (exact) mass is 232 g/mol. The van der Waals surface area contributed by atoms with Crippen molar-refractivity contribution in [2.24, 2.45) is 0 Å². The lowest BCUT2D eigenvalue weighted by molar-refractivity contribution is 0.0722. The van der Waals surface area contributed by atoms with E-state index in [0.717, 1.165) is 0 Å². The van der Waals surface area contributed by atoms with Crippen molar-refractivity contribution >= 4 is 11.8 Å². The van der Waals surface area contributed by atoms with Crippen LogP contribution in [0.2, 0.25) is 0 Å². The van der Waals surface area contributed by atoms with Gasteiger partial charge in [0.05, 0.1) is 0 Å². The number of rotatable bonds is 2. The lowest BCUT2D eigenvalue weighted by atomic mass is 10.3. The van der Waals surface area contributed by atoms with Crippen molar-refractivity contribution in [3.8, 4) is 5.75 Å². The zero-order valence-corrected chi connectivity index (χ0v) is 8.76. The second kappa shape index (κ2) is 4.61. The van der Waals surface area contributed by atoms with Gasteiger partial charge in [0, 0.05) is 0 Å². The molecule has 0 aliphatic heterocycles. The van der Waals surface area contributed by atoms with Crippen LogP contribution in [0.1, 0.15) is 10.5 Å². The van der Waals surface area contributed by atoms with Crippen LogP contribution >= 0.6 is 0 Å². The number of nitrogen functional groups attached to an aromatic ring is 1. The predicted octanol–water partition coefficient (Wildman–Crippen LogP) is 2.02. The zero-order valence-electron chi connectivity index (χ0n) is 8.76. The van der Waals surface area contributed by atoms with Crippen LogP contribution in [0.3, 0.4) is 0 Å². The van der Waals surface area contributed by atoms with Gasteiger partial charge in [0.25, 0.3) is 0 Å². The maximum Gasteiger partial charge on any atom is 0.362 e. The smallest absolute Gasteiger partial charge is 0.362 e. The van der Waals surface area contributed by atoms with E-state index in [2.05, 4.69) is 4.98 Å². The Morgan fingerprint density at radius 3 is 2.65 bits per heavy atom. The third-order valence-electron chi connectivity index (χ3n) is 2.02. The minimum atomic E-state index is -0.748. The summed E-state index contributed by atoms with van der Waals surface area (Å²) in [5.41, 5.74) is 5.46. The molecule has 0 unspecified atom stereocenters. The second-order valence-electron chi connectivity index (χ2n) is 3.27. The van der Waals surface area contributed by atoms with Crippen molar-refractivity contribution in [2.75, 3.05) is 5.73 Å². The molecule has 2 N–H and O–H groups in total. The Bertz CT molecular complexity index is 558. The summed E-state index contributed by atoms with van der Waals surface area (Å²) in [6.45, 7) is 0. The highest BCUT2D eigenvalue weighted by Gasteiger charge is 2.12. The molecule has 1 aromatic carbocycles. The molecule has 17 heavy (non-hydrogen) atoms. The van der Waals surface area contributed by atoms with E-state index in [1.54, 1.807) is 18.2 Å². The molecule has 1 aromatic heterocycles. The molecule has 0 bridgehead atoms. The molecule has 0 aliphatic carbocycles. The molecule has 2 rings (SSSR count). The molecule has 0 spiro atoms. The SMILES string of the molecule is Nc1cccc(C(=O)Oc2ccccc2F)n1. The average Bonchev–Trinajstić information content (AvgIpc) is 2.32. The molecule has 4 nitrogen and oxygen atoms in total. The normalized spacial score (nSPS) is 9.94. The van der Waals surface area contributed by atoms with Crippen molar-refractivity contribution in [3.63, 3.8) is 0 Å². The maximum absolute atomic E-state index is 13.2. The fourth-order valence-electron chi connectivity index (χ4n) is 1.24. The Hall–Kier alpha value is -2.43. The third kappa shape index (κ3) is 2.57. The van der Waals surface area contributed by atoms with Gasteiger partial charge in [-0.15, -0.1) is 0 Å². The summed E-state index contributed by atoms with van der Waals surface area (Å²) in [5, 5.41) is 0. The van der Waals surface area contributed by atoms with Gasteiger partial charge in [0.2, 0.25) is 0 Å². The zero-order chi connectivity index (χ0) is 12.3. The van der Waals surface area contributed by atoms with Gasteiger partial charge >= 0.3 is 5.97 Å². The van der Waals surface area contributed by atoms with Crippen molar-refractivity contribution in [3.05, 3.63) is 54.0 Å².